The fraction of sp³-hybridized carbons (Fsp3) is 0.480. The molecule has 4 rings (SSSR count). The third-order valence-electron chi connectivity index (χ3n) is 6.02. The van der Waals surface area contributed by atoms with E-state index in [2.05, 4.69) is 28.0 Å². The summed E-state index contributed by atoms with van der Waals surface area (Å²) in [5, 5.41) is 0. The maximum atomic E-state index is 12.1. The lowest BCUT2D eigenvalue weighted by atomic mass is 9.90. The van der Waals surface area contributed by atoms with Crippen LogP contribution in [-0.2, 0) is 6.42 Å². The van der Waals surface area contributed by atoms with Crippen LogP contribution in [0.3, 0.4) is 0 Å². The summed E-state index contributed by atoms with van der Waals surface area (Å²) in [4.78, 5) is 17.0. The van der Waals surface area contributed by atoms with Crippen molar-refractivity contribution in [1.82, 2.24) is 4.90 Å². The summed E-state index contributed by atoms with van der Waals surface area (Å²) in [5.74, 6) is 2.13. The Hall–Kier alpha value is -2.53. The molecule has 0 unspecified atom stereocenters. The highest BCUT2D eigenvalue weighted by Gasteiger charge is 2.21. The number of piperazine rings is 1. The van der Waals surface area contributed by atoms with Crippen molar-refractivity contribution < 1.29 is 14.3 Å². The zero-order valence-electron chi connectivity index (χ0n) is 17.9. The lowest BCUT2D eigenvalue weighted by Crippen LogP contribution is -2.46. The monoisotopic (exact) mass is 408 g/mol. The van der Waals surface area contributed by atoms with E-state index in [0.717, 1.165) is 74.6 Å². The minimum Gasteiger partial charge on any atom is -0.493 e. The van der Waals surface area contributed by atoms with Gasteiger partial charge in [-0.1, -0.05) is 24.3 Å². The Morgan fingerprint density at radius 1 is 0.900 bits per heavy atom. The maximum absolute atomic E-state index is 12.1. The fourth-order valence-corrected chi connectivity index (χ4v) is 4.46. The molecule has 2 aliphatic rings. The van der Waals surface area contributed by atoms with E-state index in [0.29, 0.717) is 19.6 Å². The van der Waals surface area contributed by atoms with Gasteiger partial charge in [0.15, 0.2) is 5.78 Å². The molecule has 0 amide bonds. The van der Waals surface area contributed by atoms with Crippen LogP contribution >= 0.6 is 0 Å². The first kappa shape index (κ1) is 20.7. The van der Waals surface area contributed by atoms with Gasteiger partial charge in [-0.2, -0.15) is 0 Å². The largest absolute Gasteiger partial charge is 0.493 e. The van der Waals surface area contributed by atoms with Crippen LogP contribution in [0.4, 0.5) is 5.69 Å². The summed E-state index contributed by atoms with van der Waals surface area (Å²) in [5.41, 5.74) is 3.17. The molecule has 1 heterocycles. The molecule has 1 fully saturated rings. The summed E-state index contributed by atoms with van der Waals surface area (Å²) in [7, 11) is 0. The van der Waals surface area contributed by atoms with Crippen LogP contribution in [-0.4, -0.2) is 56.6 Å². The van der Waals surface area contributed by atoms with E-state index in [-0.39, 0.29) is 5.78 Å². The van der Waals surface area contributed by atoms with Gasteiger partial charge in [-0.05, 0) is 44.4 Å². The predicted octanol–water partition coefficient (Wildman–Crippen LogP) is 4.20. The average Bonchev–Trinajstić information content (AvgIpc) is 2.78. The first-order valence-electron chi connectivity index (χ1n) is 11.2. The van der Waals surface area contributed by atoms with Crippen molar-refractivity contribution in [1.29, 1.82) is 0 Å². The van der Waals surface area contributed by atoms with Crippen molar-refractivity contribution in [2.24, 2.45) is 0 Å². The van der Waals surface area contributed by atoms with Crippen molar-refractivity contribution in [3.05, 3.63) is 53.6 Å². The zero-order valence-corrected chi connectivity index (χ0v) is 17.9. The number of hydrogen-bond acceptors (Lipinski definition) is 5. The summed E-state index contributed by atoms with van der Waals surface area (Å²) in [6.45, 7) is 8.58. The summed E-state index contributed by atoms with van der Waals surface area (Å²) < 4.78 is 11.9. The molecule has 0 atom stereocenters. The molecule has 0 aromatic heterocycles. The van der Waals surface area contributed by atoms with Crippen molar-refractivity contribution in [2.75, 3.05) is 50.8 Å². The molecule has 0 radical (unpaired) electrons. The van der Waals surface area contributed by atoms with E-state index in [1.165, 1.54) is 5.69 Å². The number of ketones is 1. The number of carbonyl (C=O) groups is 1. The van der Waals surface area contributed by atoms with Gasteiger partial charge in [0.2, 0.25) is 0 Å². The number of para-hydroxylation sites is 2. The highest BCUT2D eigenvalue weighted by atomic mass is 16.5. The second-order valence-corrected chi connectivity index (χ2v) is 7.99. The number of hydrogen-bond donors (Lipinski definition) is 0. The Balaban J connectivity index is 1.23. The van der Waals surface area contributed by atoms with Crippen LogP contribution in [0.2, 0.25) is 0 Å². The average molecular weight is 409 g/mol. The molecule has 5 nitrogen and oxygen atoms in total. The first-order chi connectivity index (χ1) is 14.8. The molecule has 2 aromatic rings. The Kier molecular flexibility index (Phi) is 6.90. The van der Waals surface area contributed by atoms with Crippen LogP contribution in [0, 0.1) is 0 Å². The Morgan fingerprint density at radius 2 is 1.70 bits per heavy atom. The number of nitrogens with zero attached hydrogens (tertiary/aromatic N) is 2. The van der Waals surface area contributed by atoms with E-state index in [1.807, 2.05) is 31.2 Å². The van der Waals surface area contributed by atoms with Crippen LogP contribution in [0.5, 0.6) is 11.5 Å². The standard InChI is InChI=1S/C25H32N2O3/c1-2-29-25-12-4-3-10-22(25)27-17-15-26(16-18-27)14-7-19-30-24-13-6-8-20-21(24)9-5-11-23(20)28/h3-4,6,8,10,12-13H,2,5,7,9,11,14-19H2,1H3. The molecule has 0 saturated carbocycles. The SMILES string of the molecule is CCOc1ccccc1N1CCN(CCCOc2cccc3c2CCCC3=O)CC1. The van der Waals surface area contributed by atoms with Crippen LogP contribution in [0.15, 0.2) is 42.5 Å². The quantitative estimate of drug-likeness (QED) is 0.613. The molecule has 0 N–H and O–H groups in total. The number of Topliss-reactive ketones (excluding diaryl/α,β-unsaturated/α-hetero) is 1. The molecule has 2 aromatic carbocycles. The van der Waals surface area contributed by atoms with Crippen molar-refractivity contribution >= 4 is 11.5 Å². The van der Waals surface area contributed by atoms with E-state index in [4.69, 9.17) is 9.47 Å². The molecule has 160 valence electrons. The minimum absolute atomic E-state index is 0.255. The smallest absolute Gasteiger partial charge is 0.163 e. The molecule has 0 spiro atoms. The third-order valence-corrected chi connectivity index (χ3v) is 6.02. The second-order valence-electron chi connectivity index (χ2n) is 7.99. The fourth-order valence-electron chi connectivity index (χ4n) is 4.46. The molecule has 1 aliphatic heterocycles. The van der Waals surface area contributed by atoms with Gasteiger partial charge in [0.25, 0.3) is 0 Å². The number of rotatable bonds is 8. The highest BCUT2D eigenvalue weighted by molar-refractivity contribution is 5.99. The van der Waals surface area contributed by atoms with E-state index >= 15 is 0 Å². The lowest BCUT2D eigenvalue weighted by molar-refractivity contribution is 0.0971. The van der Waals surface area contributed by atoms with Gasteiger partial charge in [0.1, 0.15) is 11.5 Å². The number of fused-ring (bicyclic) bond motifs is 1. The first-order valence-corrected chi connectivity index (χ1v) is 11.2. The van der Waals surface area contributed by atoms with Gasteiger partial charge in [-0.15, -0.1) is 0 Å². The molecule has 5 heteroatoms. The minimum atomic E-state index is 0.255. The molecule has 30 heavy (non-hydrogen) atoms. The Bertz CT molecular complexity index is 859. The molecular weight excluding hydrogens is 376 g/mol. The van der Waals surface area contributed by atoms with Crippen LogP contribution in [0.25, 0.3) is 0 Å². The van der Waals surface area contributed by atoms with Gasteiger partial charge < -0.3 is 14.4 Å². The summed E-state index contributed by atoms with van der Waals surface area (Å²) in [6, 6.07) is 14.2. The maximum Gasteiger partial charge on any atom is 0.163 e. The zero-order chi connectivity index (χ0) is 20.8. The number of anilines is 1. The van der Waals surface area contributed by atoms with Crippen LogP contribution in [0.1, 0.15) is 42.1 Å². The van der Waals surface area contributed by atoms with Gasteiger partial charge in [0.05, 0.1) is 18.9 Å². The predicted molar refractivity (Wildman–Crippen MR) is 120 cm³/mol. The highest BCUT2D eigenvalue weighted by Crippen LogP contribution is 2.30. The van der Waals surface area contributed by atoms with Gasteiger partial charge in [0, 0.05) is 50.3 Å². The summed E-state index contributed by atoms with van der Waals surface area (Å²) in [6.07, 6.45) is 3.54. The number of ether oxygens (including phenoxy) is 2. The Labute approximate surface area is 179 Å². The number of benzene rings is 2. The normalized spacial score (nSPS) is 17.0. The van der Waals surface area contributed by atoms with Crippen molar-refractivity contribution in [3.63, 3.8) is 0 Å². The molecule has 0 bridgehead atoms. The molecule has 1 aliphatic carbocycles. The van der Waals surface area contributed by atoms with Gasteiger partial charge in [-0.25, -0.2) is 0 Å². The van der Waals surface area contributed by atoms with E-state index in [1.54, 1.807) is 0 Å². The van der Waals surface area contributed by atoms with Gasteiger partial charge >= 0.3 is 0 Å². The van der Waals surface area contributed by atoms with Gasteiger partial charge in [-0.3, -0.25) is 9.69 Å². The Morgan fingerprint density at radius 3 is 2.53 bits per heavy atom. The topological polar surface area (TPSA) is 42.0 Å². The number of carbonyl (C=O) groups excluding carboxylic acids is 1. The lowest BCUT2D eigenvalue weighted by Gasteiger charge is -2.36. The summed E-state index contributed by atoms with van der Waals surface area (Å²) >= 11 is 0. The van der Waals surface area contributed by atoms with Crippen molar-refractivity contribution in [2.45, 2.75) is 32.6 Å². The second kappa shape index (κ2) is 9.98. The third kappa shape index (κ3) is 4.78. The molecule has 1 saturated heterocycles. The van der Waals surface area contributed by atoms with E-state index < -0.39 is 0 Å². The van der Waals surface area contributed by atoms with E-state index in [9.17, 15) is 4.79 Å². The van der Waals surface area contributed by atoms with Crippen LogP contribution < -0.4 is 14.4 Å². The van der Waals surface area contributed by atoms with Crippen molar-refractivity contribution in [3.8, 4) is 11.5 Å². The molecular formula is C25H32N2O3.